The van der Waals surface area contributed by atoms with E-state index in [9.17, 15) is 14.7 Å². The van der Waals surface area contributed by atoms with Gasteiger partial charge in [0.2, 0.25) is 11.7 Å². The van der Waals surface area contributed by atoms with Gasteiger partial charge >= 0.3 is 5.56 Å². The number of nitrogens with zero attached hydrogens (tertiary/aromatic N) is 3. The molecule has 2 N–H and O–H groups in total. The Morgan fingerprint density at radius 3 is 2.44 bits per heavy atom. The lowest BCUT2D eigenvalue weighted by atomic mass is 9.82. The maximum absolute atomic E-state index is 13.4. The van der Waals surface area contributed by atoms with Crippen LogP contribution in [0.2, 0.25) is 0 Å². The SMILES string of the molecule is CC1Nc2nc(=O)c(O)c3n2[C@H](CN(C(C)C)C3=O)C(c2ccccc2)c2cccc1c2. The summed E-state index contributed by atoms with van der Waals surface area (Å²) in [6.45, 7) is 6.31. The highest BCUT2D eigenvalue weighted by atomic mass is 16.3. The van der Waals surface area contributed by atoms with Gasteiger partial charge in [0.25, 0.3) is 5.91 Å². The quantitative estimate of drug-likeness (QED) is 0.648. The van der Waals surface area contributed by atoms with E-state index in [2.05, 4.69) is 34.6 Å². The second kappa shape index (κ2) is 7.51. The molecule has 3 aromatic rings. The monoisotopic (exact) mass is 430 g/mol. The molecule has 7 nitrogen and oxygen atoms in total. The van der Waals surface area contributed by atoms with Crippen molar-refractivity contribution >= 4 is 11.9 Å². The summed E-state index contributed by atoms with van der Waals surface area (Å²) in [5.41, 5.74) is 2.47. The van der Waals surface area contributed by atoms with E-state index in [4.69, 9.17) is 0 Å². The number of anilines is 1. The normalized spacial score (nSPS) is 21.9. The summed E-state index contributed by atoms with van der Waals surface area (Å²) >= 11 is 0. The molecular weight excluding hydrogens is 404 g/mol. The summed E-state index contributed by atoms with van der Waals surface area (Å²) in [7, 11) is 0. The fourth-order valence-electron chi connectivity index (χ4n) is 4.95. The molecule has 0 fully saturated rings. The Bertz CT molecular complexity index is 1250. The summed E-state index contributed by atoms with van der Waals surface area (Å²) in [4.78, 5) is 31.9. The van der Waals surface area contributed by atoms with Gasteiger partial charge in [0.15, 0.2) is 5.69 Å². The Labute approximate surface area is 186 Å². The number of aromatic nitrogens is 2. The fraction of sp³-hybridized carbons (Fsp3) is 0.320. The number of amides is 1. The average molecular weight is 431 g/mol. The summed E-state index contributed by atoms with van der Waals surface area (Å²) in [5, 5.41) is 14.0. The first-order valence-corrected chi connectivity index (χ1v) is 10.9. The van der Waals surface area contributed by atoms with Gasteiger partial charge in [0.1, 0.15) is 0 Å². The Kier molecular flexibility index (Phi) is 4.77. The lowest BCUT2D eigenvalue weighted by Crippen LogP contribution is -2.49. The van der Waals surface area contributed by atoms with Gasteiger partial charge in [-0.15, -0.1) is 0 Å². The van der Waals surface area contributed by atoms with Crippen LogP contribution in [0.5, 0.6) is 5.75 Å². The highest BCUT2D eigenvalue weighted by Crippen LogP contribution is 2.43. The van der Waals surface area contributed by atoms with Crippen LogP contribution in [0, 0.1) is 0 Å². The summed E-state index contributed by atoms with van der Waals surface area (Å²) < 4.78 is 1.75. The van der Waals surface area contributed by atoms with Gasteiger partial charge in [-0.3, -0.25) is 14.2 Å². The van der Waals surface area contributed by atoms with Gasteiger partial charge in [-0.1, -0.05) is 54.6 Å². The van der Waals surface area contributed by atoms with E-state index >= 15 is 0 Å². The second-order valence-electron chi connectivity index (χ2n) is 8.85. The van der Waals surface area contributed by atoms with E-state index in [0.29, 0.717) is 12.5 Å². The predicted molar refractivity (Wildman–Crippen MR) is 122 cm³/mol. The molecule has 2 aromatic carbocycles. The molecule has 32 heavy (non-hydrogen) atoms. The van der Waals surface area contributed by atoms with Crippen LogP contribution in [-0.2, 0) is 0 Å². The first-order valence-electron chi connectivity index (χ1n) is 10.9. The lowest BCUT2D eigenvalue weighted by Gasteiger charge is -2.42. The summed E-state index contributed by atoms with van der Waals surface area (Å²) in [6, 6.07) is 18.0. The Morgan fingerprint density at radius 2 is 1.72 bits per heavy atom. The number of nitrogens with one attached hydrogen (secondary N) is 1. The minimum Gasteiger partial charge on any atom is -0.501 e. The topological polar surface area (TPSA) is 87.5 Å². The van der Waals surface area contributed by atoms with Gasteiger partial charge in [-0.2, -0.15) is 4.98 Å². The second-order valence-corrected chi connectivity index (χ2v) is 8.85. The zero-order valence-electron chi connectivity index (χ0n) is 18.3. The minimum atomic E-state index is -0.800. The molecule has 0 aliphatic carbocycles. The molecule has 0 radical (unpaired) electrons. The smallest absolute Gasteiger partial charge is 0.317 e. The summed E-state index contributed by atoms with van der Waals surface area (Å²) in [5.74, 6) is -0.762. The van der Waals surface area contributed by atoms with E-state index in [1.54, 1.807) is 9.47 Å². The first kappa shape index (κ1) is 20.3. The van der Waals surface area contributed by atoms with E-state index < -0.39 is 11.3 Å². The molecule has 3 heterocycles. The van der Waals surface area contributed by atoms with Crippen molar-refractivity contribution in [2.75, 3.05) is 11.9 Å². The molecule has 2 aliphatic heterocycles. The highest BCUT2D eigenvalue weighted by Gasteiger charge is 2.42. The number of aromatic hydroxyl groups is 1. The highest BCUT2D eigenvalue weighted by molar-refractivity contribution is 5.96. The van der Waals surface area contributed by atoms with Crippen LogP contribution < -0.4 is 10.9 Å². The van der Waals surface area contributed by atoms with Crippen LogP contribution in [0.1, 0.15) is 66.0 Å². The van der Waals surface area contributed by atoms with Gasteiger partial charge in [-0.25, -0.2) is 0 Å². The van der Waals surface area contributed by atoms with Crippen molar-refractivity contribution in [2.45, 2.75) is 44.8 Å². The number of carbonyl (C=O) groups excluding carboxylic acids is 1. The molecule has 3 atom stereocenters. The Balaban J connectivity index is 1.87. The van der Waals surface area contributed by atoms with Gasteiger partial charge in [0.05, 0.1) is 12.1 Å². The Hall–Kier alpha value is -3.61. The zero-order chi connectivity index (χ0) is 22.6. The molecule has 2 unspecified atom stereocenters. The third-order valence-electron chi connectivity index (χ3n) is 6.56. The van der Waals surface area contributed by atoms with Crippen molar-refractivity contribution < 1.29 is 9.90 Å². The van der Waals surface area contributed by atoms with E-state index in [-0.39, 0.29) is 35.6 Å². The molecule has 1 amide bonds. The Morgan fingerprint density at radius 1 is 1.03 bits per heavy atom. The van der Waals surface area contributed by atoms with Gasteiger partial charge in [-0.05, 0) is 37.5 Å². The molecule has 164 valence electrons. The van der Waals surface area contributed by atoms with Crippen molar-refractivity contribution in [2.24, 2.45) is 0 Å². The van der Waals surface area contributed by atoms with Gasteiger partial charge in [0, 0.05) is 18.5 Å². The molecule has 0 saturated heterocycles. The molecule has 2 aliphatic rings. The number of rotatable bonds is 2. The molecule has 2 bridgehead atoms. The van der Waals surface area contributed by atoms with Gasteiger partial charge < -0.3 is 15.3 Å². The number of fused-ring (bicyclic) bond motifs is 2. The molecule has 7 heteroatoms. The average Bonchev–Trinajstić information content (AvgIpc) is 2.81. The van der Waals surface area contributed by atoms with Crippen molar-refractivity contribution in [1.82, 2.24) is 14.5 Å². The zero-order valence-corrected chi connectivity index (χ0v) is 18.3. The van der Waals surface area contributed by atoms with Crippen LogP contribution >= 0.6 is 0 Å². The first-order chi connectivity index (χ1) is 15.4. The van der Waals surface area contributed by atoms with E-state index in [1.165, 1.54) is 0 Å². The van der Waals surface area contributed by atoms with E-state index in [0.717, 1.165) is 16.7 Å². The molecule has 0 spiro atoms. The maximum atomic E-state index is 13.4. The van der Waals surface area contributed by atoms with Crippen molar-refractivity contribution in [1.29, 1.82) is 0 Å². The molecular formula is C25H26N4O3. The maximum Gasteiger partial charge on any atom is 0.317 e. The van der Waals surface area contributed by atoms with E-state index in [1.807, 2.05) is 51.1 Å². The van der Waals surface area contributed by atoms with Crippen LogP contribution in [0.25, 0.3) is 0 Å². The largest absolute Gasteiger partial charge is 0.501 e. The number of benzene rings is 2. The predicted octanol–water partition coefficient (Wildman–Crippen LogP) is 3.67. The lowest BCUT2D eigenvalue weighted by molar-refractivity contribution is 0.0588. The summed E-state index contributed by atoms with van der Waals surface area (Å²) in [6.07, 6.45) is 0. The minimum absolute atomic E-state index is 0.000544. The number of hydrogen-bond donors (Lipinski definition) is 2. The van der Waals surface area contributed by atoms with Crippen molar-refractivity contribution in [3.8, 4) is 5.75 Å². The standard InChI is InChI=1S/C25H26N4O3/c1-14(2)28-13-19-20(16-8-5-4-6-9-16)18-11-7-10-17(12-18)15(3)26-25-27-23(31)22(30)21(24(28)32)29(19)25/h4-12,14-15,19-20,30H,13H2,1-3H3,(H,26,27,31)/t15?,19-,20?/m1/s1. The number of carbonyl (C=O) groups is 1. The molecule has 5 rings (SSSR count). The fourth-order valence-corrected chi connectivity index (χ4v) is 4.95. The third kappa shape index (κ3) is 3.07. The van der Waals surface area contributed by atoms with Crippen molar-refractivity contribution in [3.05, 3.63) is 87.3 Å². The van der Waals surface area contributed by atoms with Crippen LogP contribution in [0.15, 0.2) is 59.4 Å². The molecule has 1 aromatic heterocycles. The molecule has 0 saturated carbocycles. The van der Waals surface area contributed by atoms with Crippen LogP contribution in [-0.4, -0.2) is 38.1 Å². The van der Waals surface area contributed by atoms with Crippen LogP contribution in [0.4, 0.5) is 5.95 Å². The third-order valence-corrected chi connectivity index (χ3v) is 6.56. The van der Waals surface area contributed by atoms with Crippen LogP contribution in [0.3, 0.4) is 0 Å². The number of hydrogen-bond acceptors (Lipinski definition) is 5. The van der Waals surface area contributed by atoms with Crippen molar-refractivity contribution in [3.63, 3.8) is 0 Å².